The number of aryl methyl sites for hydroxylation is 1. The van der Waals surface area contributed by atoms with Crippen molar-refractivity contribution in [1.29, 1.82) is 5.26 Å². The molecule has 5 heteroatoms. The van der Waals surface area contributed by atoms with Crippen molar-refractivity contribution in [2.75, 3.05) is 0 Å². The van der Waals surface area contributed by atoms with Crippen LogP contribution in [0.15, 0.2) is 35.1 Å². The average molecular weight is 224 g/mol. The fourth-order valence-electron chi connectivity index (χ4n) is 1.72. The zero-order valence-electron chi connectivity index (χ0n) is 9.08. The highest BCUT2D eigenvalue weighted by Crippen LogP contribution is 2.21. The fourth-order valence-corrected chi connectivity index (χ4v) is 1.72. The highest BCUT2D eigenvalue weighted by Gasteiger charge is 2.08. The molecule has 82 valence electrons. The van der Waals surface area contributed by atoms with Gasteiger partial charge in [-0.3, -0.25) is 0 Å². The minimum atomic E-state index is 0.560. The van der Waals surface area contributed by atoms with E-state index in [-0.39, 0.29) is 0 Å². The van der Waals surface area contributed by atoms with E-state index in [2.05, 4.69) is 16.3 Å². The second-order valence-corrected chi connectivity index (χ2v) is 3.75. The summed E-state index contributed by atoms with van der Waals surface area (Å²) in [7, 11) is 0. The van der Waals surface area contributed by atoms with Gasteiger partial charge >= 0.3 is 0 Å². The van der Waals surface area contributed by atoms with Gasteiger partial charge in [-0.15, -0.1) is 0 Å². The van der Waals surface area contributed by atoms with Gasteiger partial charge in [-0.05, 0) is 19.1 Å². The Kier molecular flexibility index (Phi) is 1.95. The minimum Gasteiger partial charge on any atom is -0.356 e. The predicted molar refractivity (Wildman–Crippen MR) is 60.1 cm³/mol. The summed E-state index contributed by atoms with van der Waals surface area (Å²) >= 11 is 0. The van der Waals surface area contributed by atoms with Crippen LogP contribution in [0.4, 0.5) is 0 Å². The molecule has 3 heterocycles. The number of rotatable bonds is 1. The van der Waals surface area contributed by atoms with Crippen molar-refractivity contribution in [3.05, 3.63) is 41.9 Å². The molecular weight excluding hydrogens is 216 g/mol. The van der Waals surface area contributed by atoms with Gasteiger partial charge in [0, 0.05) is 17.8 Å². The Morgan fingerprint density at radius 1 is 1.41 bits per heavy atom. The molecule has 5 nitrogen and oxygen atoms in total. The molecule has 0 fully saturated rings. The maximum absolute atomic E-state index is 8.88. The number of nitriles is 1. The number of fused-ring (bicyclic) bond motifs is 1. The molecular formula is C12H8N4O. The van der Waals surface area contributed by atoms with Crippen molar-refractivity contribution in [2.24, 2.45) is 0 Å². The van der Waals surface area contributed by atoms with Crippen molar-refractivity contribution < 1.29 is 4.52 Å². The third-order valence-corrected chi connectivity index (χ3v) is 2.55. The van der Waals surface area contributed by atoms with E-state index in [1.54, 1.807) is 10.7 Å². The van der Waals surface area contributed by atoms with Crippen molar-refractivity contribution in [2.45, 2.75) is 6.92 Å². The van der Waals surface area contributed by atoms with Crippen LogP contribution >= 0.6 is 0 Å². The van der Waals surface area contributed by atoms with Crippen LogP contribution in [-0.2, 0) is 0 Å². The molecule has 3 rings (SSSR count). The Morgan fingerprint density at radius 3 is 3.00 bits per heavy atom. The van der Waals surface area contributed by atoms with Crippen LogP contribution < -0.4 is 0 Å². The van der Waals surface area contributed by atoms with Crippen LogP contribution in [0, 0.1) is 18.3 Å². The molecule has 0 aliphatic carbocycles. The van der Waals surface area contributed by atoms with Crippen LogP contribution in [0.25, 0.3) is 16.8 Å². The summed E-state index contributed by atoms with van der Waals surface area (Å²) in [5.41, 5.74) is 3.06. The molecule has 0 bridgehead atoms. The molecule has 3 aromatic heterocycles. The SMILES string of the molecule is Cc1cc(-c2ccc3c(C#N)cnn3c2)on1. The van der Waals surface area contributed by atoms with Gasteiger partial charge in [-0.25, -0.2) is 4.52 Å². The van der Waals surface area contributed by atoms with E-state index >= 15 is 0 Å². The van der Waals surface area contributed by atoms with E-state index < -0.39 is 0 Å². The number of hydrogen-bond acceptors (Lipinski definition) is 4. The van der Waals surface area contributed by atoms with E-state index in [1.165, 1.54) is 0 Å². The highest BCUT2D eigenvalue weighted by molar-refractivity contribution is 5.65. The molecule has 0 aromatic carbocycles. The minimum absolute atomic E-state index is 0.560. The highest BCUT2D eigenvalue weighted by atomic mass is 16.5. The van der Waals surface area contributed by atoms with Crippen LogP contribution in [0.1, 0.15) is 11.3 Å². The maximum Gasteiger partial charge on any atom is 0.168 e. The van der Waals surface area contributed by atoms with Crippen LogP contribution in [0.3, 0.4) is 0 Å². The first-order valence-electron chi connectivity index (χ1n) is 5.09. The predicted octanol–water partition coefficient (Wildman–Crippen LogP) is 2.17. The third kappa shape index (κ3) is 1.47. The lowest BCUT2D eigenvalue weighted by Gasteiger charge is -1.97. The summed E-state index contributed by atoms with van der Waals surface area (Å²) in [6.07, 6.45) is 3.36. The number of pyridine rings is 1. The Morgan fingerprint density at radius 2 is 2.29 bits per heavy atom. The summed E-state index contributed by atoms with van der Waals surface area (Å²) in [6, 6.07) is 7.68. The fraction of sp³-hybridized carbons (Fsp3) is 0.0833. The summed E-state index contributed by atoms with van der Waals surface area (Å²) in [4.78, 5) is 0. The van der Waals surface area contributed by atoms with Gasteiger partial charge in [0.15, 0.2) is 5.76 Å². The van der Waals surface area contributed by atoms with Crippen molar-refractivity contribution in [3.63, 3.8) is 0 Å². The van der Waals surface area contributed by atoms with Gasteiger partial charge in [0.1, 0.15) is 6.07 Å². The number of nitrogens with zero attached hydrogens (tertiary/aromatic N) is 4. The van der Waals surface area contributed by atoms with Crippen molar-refractivity contribution in [1.82, 2.24) is 14.8 Å². The Labute approximate surface area is 96.9 Å². The van der Waals surface area contributed by atoms with E-state index in [0.717, 1.165) is 16.8 Å². The average Bonchev–Trinajstić information content (AvgIpc) is 2.94. The Balaban J connectivity index is 2.18. The number of aromatic nitrogens is 3. The summed E-state index contributed by atoms with van der Waals surface area (Å²) in [6.45, 7) is 1.87. The van der Waals surface area contributed by atoms with Gasteiger partial charge in [0.2, 0.25) is 0 Å². The smallest absolute Gasteiger partial charge is 0.168 e. The largest absolute Gasteiger partial charge is 0.356 e. The zero-order chi connectivity index (χ0) is 11.8. The third-order valence-electron chi connectivity index (χ3n) is 2.55. The molecule has 0 saturated heterocycles. The molecule has 0 atom stereocenters. The lowest BCUT2D eigenvalue weighted by molar-refractivity contribution is 0.427. The van der Waals surface area contributed by atoms with Gasteiger partial charge in [0.25, 0.3) is 0 Å². The maximum atomic E-state index is 8.88. The van der Waals surface area contributed by atoms with Crippen LogP contribution in [-0.4, -0.2) is 14.8 Å². The topological polar surface area (TPSA) is 67.1 Å². The van der Waals surface area contributed by atoms with Crippen LogP contribution in [0.2, 0.25) is 0 Å². The zero-order valence-corrected chi connectivity index (χ0v) is 9.08. The molecule has 0 radical (unpaired) electrons. The normalized spacial score (nSPS) is 10.6. The molecule has 0 N–H and O–H groups in total. The summed E-state index contributed by atoms with van der Waals surface area (Å²) < 4.78 is 6.83. The first-order valence-corrected chi connectivity index (χ1v) is 5.09. The van der Waals surface area contributed by atoms with Gasteiger partial charge in [-0.1, -0.05) is 5.16 Å². The standard InChI is InChI=1S/C12H8N4O/c1-8-4-12(17-15-8)9-2-3-11-10(5-13)6-14-16(11)7-9/h2-4,6-7H,1H3. The van der Waals surface area contributed by atoms with Crippen molar-refractivity contribution >= 4 is 5.52 Å². The molecule has 0 aliphatic heterocycles. The van der Waals surface area contributed by atoms with E-state index in [4.69, 9.17) is 9.78 Å². The Hall–Kier alpha value is -2.61. The second kappa shape index (κ2) is 3.46. The molecule has 3 aromatic rings. The molecule has 0 saturated carbocycles. The molecule has 17 heavy (non-hydrogen) atoms. The van der Waals surface area contributed by atoms with Gasteiger partial charge in [-0.2, -0.15) is 10.4 Å². The lowest BCUT2D eigenvalue weighted by atomic mass is 10.2. The van der Waals surface area contributed by atoms with E-state index in [1.807, 2.05) is 31.3 Å². The summed E-state index contributed by atoms with van der Waals surface area (Å²) in [5.74, 6) is 0.693. The molecule has 0 amide bonds. The quantitative estimate of drug-likeness (QED) is 0.635. The Bertz CT molecular complexity index is 732. The molecule has 0 spiro atoms. The first-order chi connectivity index (χ1) is 8.28. The second-order valence-electron chi connectivity index (χ2n) is 3.75. The monoisotopic (exact) mass is 224 g/mol. The first kappa shape index (κ1) is 9.60. The number of hydrogen-bond donors (Lipinski definition) is 0. The molecule has 0 unspecified atom stereocenters. The van der Waals surface area contributed by atoms with Crippen molar-refractivity contribution in [3.8, 4) is 17.4 Å². The molecule has 0 aliphatic rings. The van der Waals surface area contributed by atoms with E-state index in [9.17, 15) is 0 Å². The lowest BCUT2D eigenvalue weighted by Crippen LogP contribution is -1.87. The van der Waals surface area contributed by atoms with Gasteiger partial charge < -0.3 is 4.52 Å². The summed E-state index contributed by atoms with van der Waals surface area (Å²) in [5, 5.41) is 16.8. The van der Waals surface area contributed by atoms with Gasteiger partial charge in [0.05, 0.1) is 23.0 Å². The van der Waals surface area contributed by atoms with E-state index in [0.29, 0.717) is 11.3 Å². The van der Waals surface area contributed by atoms with Crippen LogP contribution in [0.5, 0.6) is 0 Å².